The zero-order valence-corrected chi connectivity index (χ0v) is 10.3. The molecule has 0 spiro atoms. The molecule has 2 bridgehead atoms. The molecule has 18 heavy (non-hydrogen) atoms. The van der Waals surface area contributed by atoms with Crippen LogP contribution in [-0.2, 0) is 4.74 Å². The second-order valence-corrected chi connectivity index (χ2v) is 4.97. The van der Waals surface area contributed by atoms with Gasteiger partial charge in [0.1, 0.15) is 0 Å². The highest BCUT2D eigenvalue weighted by Gasteiger charge is 2.48. The first-order valence-corrected chi connectivity index (χ1v) is 6.16. The van der Waals surface area contributed by atoms with Gasteiger partial charge in [-0.05, 0) is 17.7 Å². The molecule has 1 fully saturated rings. The van der Waals surface area contributed by atoms with Gasteiger partial charge in [0.05, 0.1) is 17.7 Å². The third kappa shape index (κ3) is 1.45. The second kappa shape index (κ2) is 4.12. The lowest BCUT2D eigenvalue weighted by Crippen LogP contribution is -2.18. The highest BCUT2D eigenvalue weighted by Crippen LogP contribution is 2.52. The second-order valence-electron chi connectivity index (χ2n) is 4.97. The minimum atomic E-state index is 0.234. The number of nitriles is 1. The SMILES string of the molecule is C=C1[C@H]2C=C[C@H]([C@@H]2OC)[C@H]1c1ccc(C#N)cc1. The molecule has 1 saturated carbocycles. The monoisotopic (exact) mass is 237 g/mol. The molecule has 0 amide bonds. The van der Waals surface area contributed by atoms with Crippen LogP contribution in [0.2, 0.25) is 0 Å². The third-order valence-corrected chi connectivity index (χ3v) is 4.16. The van der Waals surface area contributed by atoms with E-state index in [0.29, 0.717) is 23.3 Å². The molecule has 1 aromatic carbocycles. The molecule has 0 saturated heterocycles. The average molecular weight is 237 g/mol. The minimum absolute atomic E-state index is 0.234. The van der Waals surface area contributed by atoms with Crippen molar-refractivity contribution < 1.29 is 4.74 Å². The molecule has 0 radical (unpaired) electrons. The lowest BCUT2D eigenvalue weighted by Gasteiger charge is -2.21. The van der Waals surface area contributed by atoms with Crippen molar-refractivity contribution in [2.75, 3.05) is 7.11 Å². The molecule has 0 N–H and O–H groups in total. The lowest BCUT2D eigenvalue weighted by molar-refractivity contribution is 0.0740. The van der Waals surface area contributed by atoms with Crippen LogP contribution in [0.4, 0.5) is 0 Å². The van der Waals surface area contributed by atoms with Crippen molar-refractivity contribution in [1.29, 1.82) is 5.26 Å². The van der Waals surface area contributed by atoms with Crippen LogP contribution in [0.15, 0.2) is 48.6 Å². The smallest absolute Gasteiger partial charge is 0.0991 e. The van der Waals surface area contributed by atoms with Crippen LogP contribution in [0.25, 0.3) is 0 Å². The molecule has 0 heterocycles. The highest BCUT2D eigenvalue weighted by molar-refractivity contribution is 5.44. The van der Waals surface area contributed by atoms with Gasteiger partial charge in [-0.25, -0.2) is 0 Å². The summed E-state index contributed by atoms with van der Waals surface area (Å²) in [6, 6.07) is 9.97. The van der Waals surface area contributed by atoms with Crippen LogP contribution in [0.3, 0.4) is 0 Å². The van der Waals surface area contributed by atoms with Gasteiger partial charge in [-0.3, -0.25) is 0 Å². The molecule has 0 aliphatic heterocycles. The van der Waals surface area contributed by atoms with Gasteiger partial charge in [-0.1, -0.05) is 36.4 Å². The molecule has 0 unspecified atom stereocenters. The molecular formula is C16H15NO. The fourth-order valence-electron chi connectivity index (χ4n) is 3.30. The van der Waals surface area contributed by atoms with Gasteiger partial charge < -0.3 is 4.74 Å². The Morgan fingerprint density at radius 1 is 1.22 bits per heavy atom. The summed E-state index contributed by atoms with van der Waals surface area (Å²) in [6.45, 7) is 4.24. The van der Waals surface area contributed by atoms with Crippen LogP contribution >= 0.6 is 0 Å². The van der Waals surface area contributed by atoms with Crippen molar-refractivity contribution >= 4 is 0 Å². The third-order valence-electron chi connectivity index (χ3n) is 4.16. The van der Waals surface area contributed by atoms with Crippen molar-refractivity contribution in [3.05, 3.63) is 59.7 Å². The standard InChI is InChI=1S/C16H15NO/c1-10-13-7-8-14(16(13)18-2)15(10)12-5-3-11(9-17)4-6-12/h3-8,13-16H,1H2,2H3/t13-,14+,15-,16-/m1/s1. The molecule has 2 aliphatic carbocycles. The largest absolute Gasteiger partial charge is 0.380 e. The molecule has 3 rings (SSSR count). The van der Waals surface area contributed by atoms with Crippen LogP contribution in [-0.4, -0.2) is 13.2 Å². The van der Waals surface area contributed by atoms with E-state index >= 15 is 0 Å². The highest BCUT2D eigenvalue weighted by atomic mass is 16.5. The maximum absolute atomic E-state index is 8.83. The zero-order valence-electron chi connectivity index (χ0n) is 10.3. The van der Waals surface area contributed by atoms with Crippen LogP contribution < -0.4 is 0 Å². The Labute approximate surface area is 107 Å². The Kier molecular flexibility index (Phi) is 2.57. The maximum Gasteiger partial charge on any atom is 0.0991 e. The summed E-state index contributed by atoms with van der Waals surface area (Å²) in [6.07, 6.45) is 4.69. The Balaban J connectivity index is 1.96. The van der Waals surface area contributed by atoms with E-state index < -0.39 is 0 Å². The molecule has 90 valence electrons. The maximum atomic E-state index is 8.83. The Morgan fingerprint density at radius 3 is 2.50 bits per heavy atom. The van der Waals surface area contributed by atoms with Gasteiger partial charge in [-0.15, -0.1) is 0 Å². The van der Waals surface area contributed by atoms with Crippen LogP contribution in [0.1, 0.15) is 17.0 Å². The summed E-state index contributed by atoms with van der Waals surface area (Å²) in [5, 5.41) is 8.83. The topological polar surface area (TPSA) is 33.0 Å². The van der Waals surface area contributed by atoms with Gasteiger partial charge in [0.2, 0.25) is 0 Å². The van der Waals surface area contributed by atoms with Crippen molar-refractivity contribution in [3.63, 3.8) is 0 Å². The Hall–Kier alpha value is -1.85. The van der Waals surface area contributed by atoms with Crippen molar-refractivity contribution in [3.8, 4) is 6.07 Å². The predicted molar refractivity (Wildman–Crippen MR) is 70.0 cm³/mol. The fraction of sp³-hybridized carbons (Fsp3) is 0.312. The van der Waals surface area contributed by atoms with E-state index in [-0.39, 0.29) is 6.10 Å². The van der Waals surface area contributed by atoms with Crippen LogP contribution in [0.5, 0.6) is 0 Å². The van der Waals surface area contributed by atoms with Gasteiger partial charge >= 0.3 is 0 Å². The molecule has 2 aliphatic rings. The van der Waals surface area contributed by atoms with E-state index in [1.54, 1.807) is 7.11 Å². The number of methoxy groups -OCH3 is 1. The lowest BCUT2D eigenvalue weighted by atomic mass is 9.83. The number of benzene rings is 1. The number of hydrogen-bond acceptors (Lipinski definition) is 2. The van der Waals surface area contributed by atoms with E-state index in [2.05, 4.69) is 24.8 Å². The fourth-order valence-corrected chi connectivity index (χ4v) is 3.30. The Morgan fingerprint density at radius 2 is 1.94 bits per heavy atom. The van der Waals surface area contributed by atoms with E-state index in [0.717, 1.165) is 0 Å². The Bertz CT molecular complexity index is 549. The first-order valence-electron chi connectivity index (χ1n) is 6.16. The predicted octanol–water partition coefficient (Wildman–Crippen LogP) is 3.03. The summed E-state index contributed by atoms with van der Waals surface area (Å²) in [5.41, 5.74) is 3.17. The number of fused-ring (bicyclic) bond motifs is 2. The number of rotatable bonds is 2. The average Bonchev–Trinajstić information content (AvgIpc) is 2.93. The molecule has 2 nitrogen and oxygen atoms in total. The number of nitrogens with zero attached hydrogens (tertiary/aromatic N) is 1. The first-order chi connectivity index (χ1) is 8.76. The number of hydrogen-bond donors (Lipinski definition) is 0. The van der Waals surface area contributed by atoms with E-state index in [1.807, 2.05) is 24.3 Å². The number of ether oxygens (including phenoxy) is 1. The first kappa shape index (κ1) is 11.3. The van der Waals surface area contributed by atoms with E-state index in [4.69, 9.17) is 10.00 Å². The summed E-state index contributed by atoms with van der Waals surface area (Å²) >= 11 is 0. The minimum Gasteiger partial charge on any atom is -0.380 e. The van der Waals surface area contributed by atoms with E-state index in [1.165, 1.54) is 11.1 Å². The van der Waals surface area contributed by atoms with Crippen LogP contribution in [0, 0.1) is 23.2 Å². The summed E-state index contributed by atoms with van der Waals surface area (Å²) < 4.78 is 5.59. The molecular weight excluding hydrogens is 222 g/mol. The molecule has 1 aromatic rings. The molecule has 0 aromatic heterocycles. The van der Waals surface area contributed by atoms with E-state index in [9.17, 15) is 0 Å². The zero-order chi connectivity index (χ0) is 12.7. The molecule has 4 atom stereocenters. The van der Waals surface area contributed by atoms with Crippen molar-refractivity contribution in [2.24, 2.45) is 11.8 Å². The van der Waals surface area contributed by atoms with Crippen molar-refractivity contribution in [2.45, 2.75) is 12.0 Å². The molecule has 2 heteroatoms. The summed E-state index contributed by atoms with van der Waals surface area (Å²) in [7, 11) is 1.77. The van der Waals surface area contributed by atoms with Gasteiger partial charge in [0.15, 0.2) is 0 Å². The van der Waals surface area contributed by atoms with Gasteiger partial charge in [0.25, 0.3) is 0 Å². The summed E-state index contributed by atoms with van der Waals surface area (Å²) in [5.74, 6) is 1.07. The van der Waals surface area contributed by atoms with Gasteiger partial charge in [0, 0.05) is 24.9 Å². The normalized spacial score (nSPS) is 32.8. The quantitative estimate of drug-likeness (QED) is 0.741. The van der Waals surface area contributed by atoms with Gasteiger partial charge in [-0.2, -0.15) is 5.26 Å². The summed E-state index contributed by atoms with van der Waals surface area (Å²) in [4.78, 5) is 0. The van der Waals surface area contributed by atoms with Crippen molar-refractivity contribution in [1.82, 2.24) is 0 Å².